The highest BCUT2D eigenvalue weighted by molar-refractivity contribution is 6.01. The largest absolute Gasteiger partial charge is 0.478 e. The maximum atomic E-state index is 11.2. The second-order valence-corrected chi connectivity index (χ2v) is 4.87. The minimum Gasteiger partial charge on any atom is -0.478 e. The van der Waals surface area contributed by atoms with Crippen LogP contribution >= 0.6 is 0 Å². The number of para-hydroxylation sites is 1. The number of hydrogen-bond acceptors (Lipinski definition) is 4. The highest BCUT2D eigenvalue weighted by Gasteiger charge is 2.15. The SMILES string of the molecule is Cc1nc2c(C(=O)O)cccc2n1CCc1ncn(C)n1. The number of carbonyl (C=O) groups is 1. The number of carboxylic acid groups (broad SMARTS) is 1. The van der Waals surface area contributed by atoms with E-state index in [1.54, 1.807) is 23.1 Å². The van der Waals surface area contributed by atoms with Gasteiger partial charge in [-0.25, -0.2) is 14.8 Å². The third kappa shape index (κ3) is 2.37. The molecule has 1 N–H and O–H groups in total. The predicted molar refractivity (Wildman–Crippen MR) is 76.1 cm³/mol. The summed E-state index contributed by atoms with van der Waals surface area (Å²) in [4.78, 5) is 19.8. The van der Waals surface area contributed by atoms with Crippen LogP contribution in [0.1, 0.15) is 22.0 Å². The number of aromatic carboxylic acids is 1. The molecule has 0 unspecified atom stereocenters. The van der Waals surface area contributed by atoms with Crippen LogP contribution in [-0.2, 0) is 20.0 Å². The Bertz CT molecular complexity index is 818. The van der Waals surface area contributed by atoms with Crippen molar-refractivity contribution < 1.29 is 9.90 Å². The number of rotatable bonds is 4. The predicted octanol–water partition coefficient (Wildman–Crippen LogP) is 1.41. The Morgan fingerprint density at radius 2 is 2.19 bits per heavy atom. The summed E-state index contributed by atoms with van der Waals surface area (Å²) in [5, 5.41) is 13.5. The van der Waals surface area contributed by atoms with Crippen LogP contribution in [0, 0.1) is 6.92 Å². The zero-order valence-corrected chi connectivity index (χ0v) is 11.8. The van der Waals surface area contributed by atoms with Crippen LogP contribution in [-0.4, -0.2) is 35.4 Å². The third-order valence-electron chi connectivity index (χ3n) is 3.41. The van der Waals surface area contributed by atoms with Gasteiger partial charge in [0, 0.05) is 20.0 Å². The summed E-state index contributed by atoms with van der Waals surface area (Å²) in [5.41, 5.74) is 1.57. The first-order valence-corrected chi connectivity index (χ1v) is 6.60. The Balaban J connectivity index is 1.97. The van der Waals surface area contributed by atoms with Crippen LogP contribution in [0.4, 0.5) is 0 Å². The average molecular weight is 285 g/mol. The van der Waals surface area contributed by atoms with Crippen molar-refractivity contribution in [2.45, 2.75) is 19.9 Å². The maximum Gasteiger partial charge on any atom is 0.337 e. The standard InChI is InChI=1S/C14H15N5O2/c1-9-16-13-10(14(20)21)4-3-5-11(13)19(9)7-6-12-15-8-18(2)17-12/h3-5,8H,6-7H2,1-2H3,(H,20,21). The number of hydrogen-bond donors (Lipinski definition) is 1. The number of aromatic nitrogens is 5. The van der Waals surface area contributed by atoms with Crippen LogP contribution in [0.25, 0.3) is 11.0 Å². The lowest BCUT2D eigenvalue weighted by Crippen LogP contribution is -2.05. The number of carboxylic acids is 1. The van der Waals surface area contributed by atoms with Gasteiger partial charge in [0.25, 0.3) is 0 Å². The molecular weight excluding hydrogens is 270 g/mol. The van der Waals surface area contributed by atoms with E-state index in [0.717, 1.165) is 17.2 Å². The second-order valence-electron chi connectivity index (χ2n) is 4.87. The van der Waals surface area contributed by atoms with E-state index in [1.165, 1.54) is 0 Å². The smallest absolute Gasteiger partial charge is 0.337 e. The molecule has 0 saturated heterocycles. The Kier molecular flexibility index (Phi) is 3.17. The van der Waals surface area contributed by atoms with Crippen molar-refractivity contribution in [3.05, 3.63) is 41.7 Å². The third-order valence-corrected chi connectivity index (χ3v) is 3.41. The van der Waals surface area contributed by atoms with Crippen molar-refractivity contribution in [3.8, 4) is 0 Å². The van der Waals surface area contributed by atoms with Crippen molar-refractivity contribution in [2.24, 2.45) is 7.05 Å². The molecule has 0 aliphatic rings. The van der Waals surface area contributed by atoms with E-state index >= 15 is 0 Å². The van der Waals surface area contributed by atoms with Gasteiger partial charge in [0.2, 0.25) is 0 Å². The van der Waals surface area contributed by atoms with Crippen molar-refractivity contribution in [1.82, 2.24) is 24.3 Å². The molecule has 0 aliphatic carbocycles. The van der Waals surface area contributed by atoms with Gasteiger partial charge in [-0.1, -0.05) is 6.07 Å². The van der Waals surface area contributed by atoms with Gasteiger partial charge in [-0.05, 0) is 19.1 Å². The molecule has 21 heavy (non-hydrogen) atoms. The first-order valence-electron chi connectivity index (χ1n) is 6.60. The summed E-state index contributed by atoms with van der Waals surface area (Å²) in [6.07, 6.45) is 2.33. The average Bonchev–Trinajstić information content (AvgIpc) is 2.98. The summed E-state index contributed by atoms with van der Waals surface area (Å²) in [6.45, 7) is 2.53. The van der Waals surface area contributed by atoms with Crippen molar-refractivity contribution in [2.75, 3.05) is 0 Å². The maximum absolute atomic E-state index is 11.2. The monoisotopic (exact) mass is 285 g/mol. The molecule has 3 aromatic rings. The minimum absolute atomic E-state index is 0.227. The summed E-state index contributed by atoms with van der Waals surface area (Å²) in [7, 11) is 1.83. The Hall–Kier alpha value is -2.70. The fraction of sp³-hybridized carbons (Fsp3) is 0.286. The van der Waals surface area contributed by atoms with E-state index in [1.807, 2.05) is 24.6 Å². The van der Waals surface area contributed by atoms with Gasteiger partial charge in [-0.2, -0.15) is 5.10 Å². The molecule has 0 spiro atoms. The van der Waals surface area contributed by atoms with Gasteiger partial charge in [0.05, 0.1) is 11.1 Å². The van der Waals surface area contributed by atoms with Gasteiger partial charge in [0.1, 0.15) is 17.7 Å². The molecule has 7 heteroatoms. The van der Waals surface area contributed by atoms with E-state index in [-0.39, 0.29) is 5.56 Å². The fourth-order valence-electron chi connectivity index (χ4n) is 2.43. The minimum atomic E-state index is -0.961. The molecule has 0 amide bonds. The van der Waals surface area contributed by atoms with Crippen LogP contribution in [0.15, 0.2) is 24.5 Å². The molecule has 3 rings (SSSR count). The molecule has 2 heterocycles. The van der Waals surface area contributed by atoms with Gasteiger partial charge in [0.15, 0.2) is 5.82 Å². The number of nitrogens with zero attached hydrogens (tertiary/aromatic N) is 5. The summed E-state index contributed by atoms with van der Waals surface area (Å²) >= 11 is 0. The van der Waals surface area contributed by atoms with Gasteiger partial charge in [-0.15, -0.1) is 0 Å². The molecule has 2 aromatic heterocycles. The lowest BCUT2D eigenvalue weighted by Gasteiger charge is -2.05. The molecule has 1 aromatic carbocycles. The number of benzene rings is 1. The van der Waals surface area contributed by atoms with Gasteiger partial charge >= 0.3 is 5.97 Å². The molecule has 0 fully saturated rings. The molecule has 0 aliphatic heterocycles. The van der Waals surface area contributed by atoms with Crippen LogP contribution in [0.3, 0.4) is 0 Å². The highest BCUT2D eigenvalue weighted by Crippen LogP contribution is 2.20. The van der Waals surface area contributed by atoms with E-state index in [2.05, 4.69) is 15.1 Å². The van der Waals surface area contributed by atoms with E-state index in [4.69, 9.17) is 0 Å². The molecule has 0 radical (unpaired) electrons. The normalized spacial score (nSPS) is 11.1. The van der Waals surface area contributed by atoms with Crippen molar-refractivity contribution in [1.29, 1.82) is 0 Å². The fourth-order valence-corrected chi connectivity index (χ4v) is 2.43. The molecule has 0 bridgehead atoms. The molecule has 0 atom stereocenters. The lowest BCUT2D eigenvalue weighted by atomic mass is 10.2. The Morgan fingerprint density at radius 1 is 1.38 bits per heavy atom. The second kappa shape index (κ2) is 5.01. The topological polar surface area (TPSA) is 85.8 Å². The van der Waals surface area contributed by atoms with Crippen LogP contribution in [0.2, 0.25) is 0 Å². The Morgan fingerprint density at radius 3 is 2.86 bits per heavy atom. The quantitative estimate of drug-likeness (QED) is 0.783. The Labute approximate surface area is 120 Å². The zero-order chi connectivity index (χ0) is 15.0. The van der Waals surface area contributed by atoms with Crippen molar-refractivity contribution in [3.63, 3.8) is 0 Å². The van der Waals surface area contributed by atoms with E-state index in [0.29, 0.717) is 18.5 Å². The summed E-state index contributed by atoms with van der Waals surface area (Å²) in [5.74, 6) is 0.583. The summed E-state index contributed by atoms with van der Waals surface area (Å²) < 4.78 is 3.66. The highest BCUT2D eigenvalue weighted by atomic mass is 16.4. The number of imidazole rings is 1. The van der Waals surface area contributed by atoms with E-state index in [9.17, 15) is 9.90 Å². The van der Waals surface area contributed by atoms with Crippen LogP contribution < -0.4 is 0 Å². The zero-order valence-electron chi connectivity index (χ0n) is 11.8. The lowest BCUT2D eigenvalue weighted by molar-refractivity contribution is 0.0699. The first-order chi connectivity index (χ1) is 10.1. The summed E-state index contributed by atoms with van der Waals surface area (Å²) in [6, 6.07) is 5.19. The van der Waals surface area contributed by atoms with Gasteiger partial charge in [-0.3, -0.25) is 4.68 Å². The molecule has 108 valence electrons. The first kappa shape index (κ1) is 13.3. The van der Waals surface area contributed by atoms with E-state index < -0.39 is 5.97 Å². The number of aryl methyl sites for hydroxylation is 4. The number of fused-ring (bicyclic) bond motifs is 1. The van der Waals surface area contributed by atoms with Gasteiger partial charge < -0.3 is 9.67 Å². The molecular formula is C14H15N5O2. The van der Waals surface area contributed by atoms with Crippen molar-refractivity contribution >= 4 is 17.0 Å². The molecule has 7 nitrogen and oxygen atoms in total. The molecule has 0 saturated carbocycles. The van der Waals surface area contributed by atoms with Crippen LogP contribution in [0.5, 0.6) is 0 Å².